The van der Waals surface area contributed by atoms with Gasteiger partial charge in [-0.15, -0.1) is 11.3 Å². The van der Waals surface area contributed by atoms with Crippen LogP contribution in [0.3, 0.4) is 0 Å². The van der Waals surface area contributed by atoms with Crippen LogP contribution < -0.4 is 10.3 Å². The summed E-state index contributed by atoms with van der Waals surface area (Å²) in [7, 11) is 0. The Labute approximate surface area is 112 Å². The van der Waals surface area contributed by atoms with Gasteiger partial charge in [0, 0.05) is 28.6 Å². The summed E-state index contributed by atoms with van der Waals surface area (Å²) in [5.41, 5.74) is 1.04. The van der Waals surface area contributed by atoms with E-state index in [1.807, 2.05) is 29.6 Å². The van der Waals surface area contributed by atoms with E-state index in [0.29, 0.717) is 0 Å². The molecular weight excluding hydrogens is 242 g/mol. The van der Waals surface area contributed by atoms with Crippen LogP contribution in [0.2, 0.25) is 0 Å². The maximum atomic E-state index is 12.5. The van der Waals surface area contributed by atoms with Gasteiger partial charge in [0.2, 0.25) is 5.43 Å². The van der Waals surface area contributed by atoms with Gasteiger partial charge >= 0.3 is 0 Å². The van der Waals surface area contributed by atoms with Crippen LogP contribution in [0.15, 0.2) is 34.4 Å². The Morgan fingerprint density at radius 2 is 1.78 bits per heavy atom. The van der Waals surface area contributed by atoms with Gasteiger partial charge in [0.25, 0.3) is 0 Å². The molecule has 0 spiro atoms. The Morgan fingerprint density at radius 1 is 1.11 bits per heavy atom. The first kappa shape index (κ1) is 13.1. The number of rotatable bonds is 5. The topological polar surface area (TPSA) is 20.3 Å². The summed E-state index contributed by atoms with van der Waals surface area (Å²) in [5, 5.41) is 2.85. The molecule has 2 rings (SSSR count). The van der Waals surface area contributed by atoms with E-state index in [-0.39, 0.29) is 5.43 Å². The zero-order valence-electron chi connectivity index (χ0n) is 11.0. The summed E-state index contributed by atoms with van der Waals surface area (Å²) in [6, 6.07) is 7.85. The number of anilines is 1. The fourth-order valence-electron chi connectivity index (χ4n) is 2.18. The van der Waals surface area contributed by atoms with Crippen LogP contribution in [0, 0.1) is 0 Å². The van der Waals surface area contributed by atoms with Crippen molar-refractivity contribution in [2.75, 3.05) is 18.0 Å². The number of fused-ring (bicyclic) bond motifs is 1. The van der Waals surface area contributed by atoms with E-state index in [0.717, 1.165) is 41.7 Å². The first-order valence-corrected chi connectivity index (χ1v) is 7.41. The van der Waals surface area contributed by atoms with E-state index in [2.05, 4.69) is 18.7 Å². The second-order valence-corrected chi connectivity index (χ2v) is 5.34. The van der Waals surface area contributed by atoms with Crippen LogP contribution >= 0.6 is 11.3 Å². The third-order valence-electron chi connectivity index (χ3n) is 2.99. The first-order chi connectivity index (χ1) is 8.77. The fourth-order valence-corrected chi connectivity index (χ4v) is 3.12. The highest BCUT2D eigenvalue weighted by Crippen LogP contribution is 2.21. The van der Waals surface area contributed by atoms with Gasteiger partial charge in [0.05, 0.1) is 5.69 Å². The molecule has 0 aliphatic rings. The van der Waals surface area contributed by atoms with Gasteiger partial charge in [-0.2, -0.15) is 0 Å². The average molecular weight is 261 g/mol. The maximum absolute atomic E-state index is 12.5. The quantitative estimate of drug-likeness (QED) is 0.814. The van der Waals surface area contributed by atoms with Crippen molar-refractivity contribution >= 4 is 27.1 Å². The smallest absolute Gasteiger partial charge is 0.211 e. The van der Waals surface area contributed by atoms with Gasteiger partial charge in [-0.25, -0.2) is 0 Å². The lowest BCUT2D eigenvalue weighted by atomic mass is 10.2. The van der Waals surface area contributed by atoms with Crippen molar-refractivity contribution in [3.8, 4) is 0 Å². The lowest BCUT2D eigenvalue weighted by Crippen LogP contribution is -2.29. The summed E-state index contributed by atoms with van der Waals surface area (Å²) in [6.45, 7) is 6.21. The molecule has 0 N–H and O–H groups in total. The van der Waals surface area contributed by atoms with Crippen LogP contribution in [0.5, 0.6) is 0 Å². The van der Waals surface area contributed by atoms with Crippen molar-refractivity contribution < 1.29 is 0 Å². The third kappa shape index (κ3) is 2.56. The van der Waals surface area contributed by atoms with Crippen LogP contribution in [0.4, 0.5) is 5.69 Å². The maximum Gasteiger partial charge on any atom is 0.211 e. The summed E-state index contributed by atoms with van der Waals surface area (Å²) in [4.78, 5) is 14.7. The van der Waals surface area contributed by atoms with Crippen molar-refractivity contribution in [1.29, 1.82) is 0 Å². The molecule has 0 radical (unpaired) electrons. The Bertz CT molecular complexity index is 570. The molecule has 2 aromatic rings. The van der Waals surface area contributed by atoms with Crippen molar-refractivity contribution in [3.05, 3.63) is 39.9 Å². The minimum absolute atomic E-state index is 0.172. The molecule has 0 unspecified atom stereocenters. The monoisotopic (exact) mass is 261 g/mol. The number of benzene rings is 1. The molecule has 1 aromatic heterocycles. The van der Waals surface area contributed by atoms with Gasteiger partial charge in [0.15, 0.2) is 0 Å². The molecule has 0 fully saturated rings. The molecule has 0 aliphatic carbocycles. The first-order valence-electron chi connectivity index (χ1n) is 6.53. The number of nitrogens with zero attached hydrogens (tertiary/aromatic N) is 1. The fraction of sp³-hybridized carbons (Fsp3) is 0.400. The van der Waals surface area contributed by atoms with Gasteiger partial charge in [0.1, 0.15) is 0 Å². The van der Waals surface area contributed by atoms with Crippen LogP contribution in [0.25, 0.3) is 10.1 Å². The number of hydrogen-bond acceptors (Lipinski definition) is 3. The Morgan fingerprint density at radius 3 is 2.44 bits per heavy atom. The molecule has 0 saturated carbocycles. The summed E-state index contributed by atoms with van der Waals surface area (Å²) >= 11 is 1.66. The largest absolute Gasteiger partial charge is 0.368 e. The molecule has 1 aromatic carbocycles. The molecule has 0 saturated heterocycles. The van der Waals surface area contributed by atoms with Gasteiger partial charge in [-0.05, 0) is 25.0 Å². The molecule has 0 bridgehead atoms. The van der Waals surface area contributed by atoms with Gasteiger partial charge in [-0.3, -0.25) is 4.79 Å². The lowest BCUT2D eigenvalue weighted by molar-refractivity contribution is 0.744. The van der Waals surface area contributed by atoms with Crippen molar-refractivity contribution in [2.45, 2.75) is 26.7 Å². The standard InChI is InChI=1S/C15H19NOS/c1-3-9-16(10-4-2)13-11-18-14-8-6-5-7-12(14)15(13)17/h5-8,11H,3-4,9-10H2,1-2H3. The molecule has 96 valence electrons. The second kappa shape index (κ2) is 6.01. The predicted octanol–water partition coefficient (Wildman–Crippen LogP) is 3.89. The third-order valence-corrected chi connectivity index (χ3v) is 3.94. The normalized spacial score (nSPS) is 10.8. The summed E-state index contributed by atoms with van der Waals surface area (Å²) in [6.07, 6.45) is 2.13. The van der Waals surface area contributed by atoms with E-state index in [9.17, 15) is 4.79 Å². The molecule has 3 heteroatoms. The Hall–Kier alpha value is -1.35. The van der Waals surface area contributed by atoms with Crippen LogP contribution in [0.1, 0.15) is 26.7 Å². The molecule has 0 aliphatic heterocycles. The highest BCUT2D eigenvalue weighted by Gasteiger charge is 2.11. The molecule has 18 heavy (non-hydrogen) atoms. The summed E-state index contributed by atoms with van der Waals surface area (Å²) in [5.74, 6) is 0. The number of hydrogen-bond donors (Lipinski definition) is 0. The minimum atomic E-state index is 0.172. The second-order valence-electron chi connectivity index (χ2n) is 4.43. The van der Waals surface area contributed by atoms with E-state index in [1.54, 1.807) is 11.3 Å². The molecular formula is C15H19NOS. The minimum Gasteiger partial charge on any atom is -0.368 e. The van der Waals surface area contributed by atoms with E-state index >= 15 is 0 Å². The van der Waals surface area contributed by atoms with Gasteiger partial charge in [-0.1, -0.05) is 26.0 Å². The molecule has 2 nitrogen and oxygen atoms in total. The zero-order valence-corrected chi connectivity index (χ0v) is 11.8. The Kier molecular flexibility index (Phi) is 4.37. The SMILES string of the molecule is CCCN(CCC)c1csc2ccccc2c1=O. The van der Waals surface area contributed by atoms with Crippen LogP contribution in [-0.4, -0.2) is 13.1 Å². The Balaban J connectivity index is 2.50. The average Bonchev–Trinajstić information content (AvgIpc) is 2.39. The highest BCUT2D eigenvalue weighted by molar-refractivity contribution is 7.16. The van der Waals surface area contributed by atoms with E-state index in [4.69, 9.17) is 0 Å². The zero-order chi connectivity index (χ0) is 13.0. The van der Waals surface area contributed by atoms with E-state index in [1.165, 1.54) is 0 Å². The predicted molar refractivity (Wildman–Crippen MR) is 80.9 cm³/mol. The molecule has 0 amide bonds. The highest BCUT2D eigenvalue weighted by atomic mass is 32.1. The molecule has 1 heterocycles. The summed E-state index contributed by atoms with van der Waals surface area (Å²) < 4.78 is 1.07. The molecule has 0 atom stereocenters. The van der Waals surface area contributed by atoms with Gasteiger partial charge < -0.3 is 4.90 Å². The van der Waals surface area contributed by atoms with Crippen molar-refractivity contribution in [1.82, 2.24) is 0 Å². The van der Waals surface area contributed by atoms with E-state index < -0.39 is 0 Å². The van der Waals surface area contributed by atoms with Crippen molar-refractivity contribution in [3.63, 3.8) is 0 Å². The van der Waals surface area contributed by atoms with Crippen molar-refractivity contribution in [2.24, 2.45) is 0 Å². The lowest BCUT2D eigenvalue weighted by Gasteiger charge is -2.22. The van der Waals surface area contributed by atoms with Crippen LogP contribution in [-0.2, 0) is 0 Å².